The molecule has 0 bridgehead atoms. The van der Waals surface area contributed by atoms with E-state index in [9.17, 15) is 0 Å². The molecule has 1 N–H and O–H groups in total. The zero-order valence-electron chi connectivity index (χ0n) is 12.2. The Bertz CT molecular complexity index is 684. The fourth-order valence-corrected chi connectivity index (χ4v) is 2.95. The van der Waals surface area contributed by atoms with Crippen LogP contribution in [0, 0.1) is 12.3 Å². The number of rotatable bonds is 3. The SMILES string of the molecule is C#Cc1cccc(NC2CCCc3ccc(OC)cc32)c1. The number of anilines is 1. The van der Waals surface area contributed by atoms with E-state index in [1.54, 1.807) is 7.11 Å². The third-order valence-electron chi connectivity index (χ3n) is 4.04. The van der Waals surface area contributed by atoms with Gasteiger partial charge in [0, 0.05) is 11.3 Å². The second-order valence-corrected chi connectivity index (χ2v) is 5.38. The first-order chi connectivity index (χ1) is 10.3. The first-order valence-corrected chi connectivity index (χ1v) is 7.30. The normalized spacial score (nSPS) is 16.7. The van der Waals surface area contributed by atoms with Crippen molar-refractivity contribution in [3.63, 3.8) is 0 Å². The lowest BCUT2D eigenvalue weighted by Gasteiger charge is -2.27. The Morgan fingerprint density at radius 1 is 1.24 bits per heavy atom. The van der Waals surface area contributed by atoms with Crippen LogP contribution in [0.2, 0.25) is 0 Å². The summed E-state index contributed by atoms with van der Waals surface area (Å²) in [6.07, 6.45) is 8.94. The molecule has 0 heterocycles. The van der Waals surface area contributed by atoms with Crippen molar-refractivity contribution in [2.45, 2.75) is 25.3 Å². The molecule has 1 unspecified atom stereocenters. The van der Waals surface area contributed by atoms with Gasteiger partial charge in [0.1, 0.15) is 5.75 Å². The largest absolute Gasteiger partial charge is 0.497 e. The maximum absolute atomic E-state index is 5.47. The van der Waals surface area contributed by atoms with Gasteiger partial charge < -0.3 is 10.1 Å². The van der Waals surface area contributed by atoms with Crippen molar-refractivity contribution in [2.24, 2.45) is 0 Å². The molecule has 3 rings (SSSR count). The summed E-state index contributed by atoms with van der Waals surface area (Å²) >= 11 is 0. The number of ether oxygens (including phenoxy) is 1. The molecule has 106 valence electrons. The van der Waals surface area contributed by atoms with Crippen LogP contribution < -0.4 is 10.1 Å². The summed E-state index contributed by atoms with van der Waals surface area (Å²) in [5, 5.41) is 3.61. The van der Waals surface area contributed by atoms with Crippen LogP contribution in [0.3, 0.4) is 0 Å². The molecule has 0 aromatic heterocycles. The van der Waals surface area contributed by atoms with Gasteiger partial charge in [-0.1, -0.05) is 18.1 Å². The van der Waals surface area contributed by atoms with Gasteiger partial charge in [0.2, 0.25) is 0 Å². The molecule has 0 fully saturated rings. The van der Waals surface area contributed by atoms with Crippen molar-refractivity contribution in [3.05, 3.63) is 59.2 Å². The second kappa shape index (κ2) is 5.93. The molecule has 0 radical (unpaired) electrons. The number of terminal acetylenes is 1. The van der Waals surface area contributed by atoms with E-state index in [-0.39, 0.29) is 0 Å². The molecule has 0 saturated carbocycles. The lowest BCUT2D eigenvalue weighted by atomic mass is 9.87. The average molecular weight is 277 g/mol. The summed E-state index contributed by atoms with van der Waals surface area (Å²) in [5.41, 5.74) is 4.73. The summed E-state index contributed by atoms with van der Waals surface area (Å²) in [7, 11) is 1.71. The molecular weight excluding hydrogens is 258 g/mol. The highest BCUT2D eigenvalue weighted by Crippen LogP contribution is 2.34. The summed E-state index contributed by atoms with van der Waals surface area (Å²) in [5.74, 6) is 3.60. The number of nitrogens with one attached hydrogen (secondary N) is 1. The minimum absolute atomic E-state index is 0.317. The molecule has 1 aliphatic rings. The number of fused-ring (bicyclic) bond motifs is 1. The second-order valence-electron chi connectivity index (χ2n) is 5.38. The number of benzene rings is 2. The van der Waals surface area contributed by atoms with Crippen molar-refractivity contribution in [3.8, 4) is 18.1 Å². The fourth-order valence-electron chi connectivity index (χ4n) is 2.95. The number of hydrogen-bond acceptors (Lipinski definition) is 2. The number of aryl methyl sites for hydroxylation is 1. The average Bonchev–Trinajstić information content (AvgIpc) is 2.55. The summed E-state index contributed by atoms with van der Waals surface area (Å²) in [6.45, 7) is 0. The van der Waals surface area contributed by atoms with E-state index >= 15 is 0 Å². The highest BCUT2D eigenvalue weighted by molar-refractivity contribution is 5.52. The topological polar surface area (TPSA) is 21.3 Å². The van der Waals surface area contributed by atoms with Crippen molar-refractivity contribution in [1.29, 1.82) is 0 Å². The first-order valence-electron chi connectivity index (χ1n) is 7.30. The quantitative estimate of drug-likeness (QED) is 0.850. The molecule has 1 atom stereocenters. The third-order valence-corrected chi connectivity index (χ3v) is 4.04. The standard InChI is InChI=1S/C19H19NO/c1-3-14-6-4-8-16(12-14)20-19-9-5-7-15-10-11-17(21-2)13-18(15)19/h1,4,6,8,10-13,19-20H,5,7,9H2,2H3. The third kappa shape index (κ3) is 2.87. The fraction of sp³-hybridized carbons (Fsp3) is 0.263. The van der Waals surface area contributed by atoms with E-state index in [0.29, 0.717) is 6.04 Å². The molecule has 2 aromatic carbocycles. The van der Waals surface area contributed by atoms with Crippen LogP contribution in [0.5, 0.6) is 5.75 Å². The molecular formula is C19H19NO. The molecule has 0 saturated heterocycles. The molecule has 1 aliphatic carbocycles. The Labute approximate surface area is 126 Å². The molecule has 2 heteroatoms. The number of hydrogen-bond donors (Lipinski definition) is 1. The van der Waals surface area contributed by atoms with Gasteiger partial charge >= 0.3 is 0 Å². The zero-order chi connectivity index (χ0) is 14.7. The van der Waals surface area contributed by atoms with Crippen LogP contribution in [0.4, 0.5) is 5.69 Å². The van der Waals surface area contributed by atoms with Gasteiger partial charge in [-0.25, -0.2) is 0 Å². The van der Waals surface area contributed by atoms with E-state index in [2.05, 4.69) is 29.4 Å². The Morgan fingerprint density at radius 3 is 2.95 bits per heavy atom. The summed E-state index contributed by atoms with van der Waals surface area (Å²) in [6, 6.07) is 14.7. The van der Waals surface area contributed by atoms with Crippen LogP contribution in [0.1, 0.15) is 35.6 Å². The van der Waals surface area contributed by atoms with Crippen molar-refractivity contribution >= 4 is 5.69 Å². The van der Waals surface area contributed by atoms with Crippen molar-refractivity contribution in [1.82, 2.24) is 0 Å². The summed E-state index contributed by atoms with van der Waals surface area (Å²) < 4.78 is 5.36. The van der Waals surface area contributed by atoms with Crippen LogP contribution in [0.15, 0.2) is 42.5 Å². The molecule has 0 spiro atoms. The predicted molar refractivity (Wildman–Crippen MR) is 86.7 cm³/mol. The van der Waals surface area contributed by atoms with Gasteiger partial charge in [-0.3, -0.25) is 0 Å². The van der Waals surface area contributed by atoms with Crippen LogP contribution in [0.25, 0.3) is 0 Å². The van der Waals surface area contributed by atoms with E-state index in [1.165, 1.54) is 17.5 Å². The minimum atomic E-state index is 0.317. The van der Waals surface area contributed by atoms with Crippen molar-refractivity contribution < 1.29 is 4.74 Å². The van der Waals surface area contributed by atoms with Gasteiger partial charge in [-0.15, -0.1) is 6.42 Å². The van der Waals surface area contributed by atoms with Gasteiger partial charge in [0.25, 0.3) is 0 Å². The van der Waals surface area contributed by atoms with E-state index in [4.69, 9.17) is 11.2 Å². The Morgan fingerprint density at radius 2 is 2.14 bits per heavy atom. The highest BCUT2D eigenvalue weighted by atomic mass is 16.5. The Hall–Kier alpha value is -2.40. The lowest BCUT2D eigenvalue weighted by molar-refractivity contribution is 0.413. The van der Waals surface area contributed by atoms with Gasteiger partial charge in [0.15, 0.2) is 0 Å². The van der Waals surface area contributed by atoms with Gasteiger partial charge in [-0.05, 0) is 60.7 Å². The monoisotopic (exact) mass is 277 g/mol. The molecule has 0 aliphatic heterocycles. The van der Waals surface area contributed by atoms with Crippen LogP contribution in [-0.2, 0) is 6.42 Å². The molecule has 21 heavy (non-hydrogen) atoms. The Kier molecular flexibility index (Phi) is 3.83. The minimum Gasteiger partial charge on any atom is -0.497 e. The van der Waals surface area contributed by atoms with E-state index in [1.807, 2.05) is 24.3 Å². The summed E-state index contributed by atoms with van der Waals surface area (Å²) in [4.78, 5) is 0. The Balaban J connectivity index is 1.89. The van der Waals surface area contributed by atoms with Gasteiger partial charge in [0.05, 0.1) is 13.2 Å². The predicted octanol–water partition coefficient (Wildman–Crippen LogP) is 4.17. The number of methoxy groups -OCH3 is 1. The smallest absolute Gasteiger partial charge is 0.119 e. The lowest BCUT2D eigenvalue weighted by Crippen LogP contribution is -2.17. The highest BCUT2D eigenvalue weighted by Gasteiger charge is 2.20. The van der Waals surface area contributed by atoms with Crippen LogP contribution in [-0.4, -0.2) is 7.11 Å². The molecule has 2 nitrogen and oxygen atoms in total. The van der Waals surface area contributed by atoms with E-state index < -0.39 is 0 Å². The van der Waals surface area contributed by atoms with Crippen molar-refractivity contribution in [2.75, 3.05) is 12.4 Å². The zero-order valence-corrected chi connectivity index (χ0v) is 12.2. The maximum atomic E-state index is 5.47. The maximum Gasteiger partial charge on any atom is 0.119 e. The first kappa shape index (κ1) is 13.6. The molecule has 0 amide bonds. The van der Waals surface area contributed by atoms with E-state index in [0.717, 1.165) is 29.8 Å². The van der Waals surface area contributed by atoms with Gasteiger partial charge in [-0.2, -0.15) is 0 Å². The molecule has 2 aromatic rings. The van der Waals surface area contributed by atoms with Crippen LogP contribution >= 0.6 is 0 Å².